The van der Waals surface area contributed by atoms with Crippen molar-refractivity contribution in [2.24, 2.45) is 4.99 Å². The van der Waals surface area contributed by atoms with E-state index in [1.165, 1.54) is 106 Å². The average Bonchev–Trinajstić information content (AvgIpc) is 3.96. The fourth-order valence-electron chi connectivity index (χ4n) is 10.9. The van der Waals surface area contributed by atoms with Crippen LogP contribution in [0.2, 0.25) is 0 Å². The van der Waals surface area contributed by atoms with E-state index < -0.39 is 0 Å². The van der Waals surface area contributed by atoms with Crippen molar-refractivity contribution >= 4 is 39.2 Å². The molecule has 272 valence electrons. The number of benzene rings is 8. The van der Waals surface area contributed by atoms with Crippen LogP contribution in [0.3, 0.4) is 0 Å². The number of aliphatic imine (C=N–C) groups is 1. The molecule has 0 bridgehead atoms. The van der Waals surface area contributed by atoms with Crippen molar-refractivity contribution in [3.63, 3.8) is 0 Å². The minimum absolute atomic E-state index is 0.0984. The van der Waals surface area contributed by atoms with Gasteiger partial charge in [0.1, 0.15) is 0 Å². The smallest absolute Gasteiger partial charge is 0.0669 e. The van der Waals surface area contributed by atoms with Crippen LogP contribution in [-0.2, 0) is 23.7 Å². The van der Waals surface area contributed by atoms with Gasteiger partial charge in [0.05, 0.1) is 17.1 Å². The largest absolute Gasteiger partial charge is 0.310 e. The Balaban J connectivity index is 1.04. The lowest BCUT2D eigenvalue weighted by molar-refractivity contribution is 0.660. The number of para-hydroxylation sites is 1. The van der Waals surface area contributed by atoms with E-state index >= 15 is 0 Å². The highest BCUT2D eigenvalue weighted by Gasteiger charge is 2.39. The van der Waals surface area contributed by atoms with Gasteiger partial charge in [0.25, 0.3) is 0 Å². The molecule has 0 saturated carbocycles. The molecule has 0 atom stereocenters. The first-order valence-electron chi connectivity index (χ1n) is 20.4. The van der Waals surface area contributed by atoms with Crippen molar-refractivity contribution in [2.75, 3.05) is 4.90 Å². The molecular weight excluding hydrogens is 689 g/mol. The highest BCUT2D eigenvalue weighted by Crippen LogP contribution is 2.56. The molecule has 8 aromatic carbocycles. The van der Waals surface area contributed by atoms with E-state index in [1.807, 2.05) is 0 Å². The molecule has 1 aliphatic heterocycles. The number of fused-ring (bicyclic) bond motifs is 12. The molecule has 0 amide bonds. The molecule has 0 N–H and O–H groups in total. The average molecular weight is 731 g/mol. The van der Waals surface area contributed by atoms with Crippen LogP contribution >= 0.6 is 0 Å². The van der Waals surface area contributed by atoms with Crippen LogP contribution in [0.5, 0.6) is 0 Å². The first-order chi connectivity index (χ1) is 27.8. The fraction of sp³-hybridized carbons (Fsp3) is 0.145. The summed E-state index contributed by atoms with van der Waals surface area (Å²) in [4.78, 5) is 7.64. The molecule has 0 saturated heterocycles. The predicted octanol–water partition coefficient (Wildman–Crippen LogP) is 14.2. The maximum absolute atomic E-state index is 5.09. The van der Waals surface area contributed by atoms with Crippen molar-refractivity contribution < 1.29 is 0 Å². The van der Waals surface area contributed by atoms with Crippen LogP contribution < -0.4 is 4.90 Å². The zero-order valence-electron chi connectivity index (χ0n) is 32.8. The Bertz CT molecular complexity index is 3080. The van der Waals surface area contributed by atoms with Gasteiger partial charge in [0.2, 0.25) is 0 Å². The van der Waals surface area contributed by atoms with E-state index in [0.717, 1.165) is 24.2 Å². The highest BCUT2D eigenvalue weighted by atomic mass is 15.1. The maximum atomic E-state index is 5.09. The Kier molecular flexibility index (Phi) is 6.61. The molecule has 0 aromatic heterocycles. The molecule has 8 aromatic rings. The first-order valence-corrected chi connectivity index (χ1v) is 20.4. The monoisotopic (exact) mass is 730 g/mol. The number of rotatable bonds is 4. The van der Waals surface area contributed by atoms with Gasteiger partial charge in [-0.05, 0) is 120 Å². The minimum Gasteiger partial charge on any atom is -0.310 e. The van der Waals surface area contributed by atoms with Crippen molar-refractivity contribution in [1.29, 1.82) is 0 Å². The summed E-state index contributed by atoms with van der Waals surface area (Å²) in [6.07, 6.45) is 1.80. The summed E-state index contributed by atoms with van der Waals surface area (Å²) in [5.74, 6) is 0. The van der Waals surface area contributed by atoms with E-state index in [2.05, 4.69) is 190 Å². The fourth-order valence-corrected chi connectivity index (χ4v) is 10.9. The molecule has 0 unspecified atom stereocenters. The topological polar surface area (TPSA) is 15.6 Å². The van der Waals surface area contributed by atoms with Crippen LogP contribution in [-0.4, -0.2) is 5.71 Å². The van der Waals surface area contributed by atoms with Gasteiger partial charge in [0.15, 0.2) is 0 Å². The maximum Gasteiger partial charge on any atom is 0.0669 e. The summed E-state index contributed by atoms with van der Waals surface area (Å²) < 4.78 is 0. The number of nitrogens with zero attached hydrogens (tertiary/aromatic N) is 2. The minimum atomic E-state index is -0.107. The Labute approximate surface area is 334 Å². The molecule has 2 heteroatoms. The lowest BCUT2D eigenvalue weighted by atomic mass is 9.82. The lowest BCUT2D eigenvalue weighted by Crippen LogP contribution is -2.17. The van der Waals surface area contributed by atoms with Crippen LogP contribution in [0.15, 0.2) is 163 Å². The second-order valence-electron chi connectivity index (χ2n) is 17.5. The second-order valence-corrected chi connectivity index (χ2v) is 17.5. The Morgan fingerprint density at radius 1 is 0.439 bits per heavy atom. The standard InChI is InChI=1S/C55H42N2/c1-54(2)47-19-9-7-15-43(47)53-48(54)20-12-22-52(53)57(36-25-26-41-40-14-6-8-18-46(40)55(3,4)49(41)32-36)35-24-23-33-29-45-37-16-11-17-42(38(37)27-28-39(45)44(33)31-35)51-30-34-13-5-10-21-50(34)56-51/h5-28,31-32H,29-30H2,1-4H3. The molecular formula is C55H42N2. The van der Waals surface area contributed by atoms with Crippen molar-refractivity contribution in [3.05, 3.63) is 202 Å². The molecule has 57 heavy (non-hydrogen) atoms. The summed E-state index contributed by atoms with van der Waals surface area (Å²) >= 11 is 0. The van der Waals surface area contributed by atoms with E-state index in [0.29, 0.717) is 0 Å². The van der Waals surface area contributed by atoms with Crippen molar-refractivity contribution in [3.8, 4) is 33.4 Å². The highest BCUT2D eigenvalue weighted by molar-refractivity contribution is 6.15. The number of anilines is 3. The molecule has 4 aliphatic rings. The van der Waals surface area contributed by atoms with Gasteiger partial charge in [-0.25, -0.2) is 0 Å². The Morgan fingerprint density at radius 2 is 1.09 bits per heavy atom. The molecule has 3 aliphatic carbocycles. The first kappa shape index (κ1) is 32.7. The van der Waals surface area contributed by atoms with Gasteiger partial charge >= 0.3 is 0 Å². The van der Waals surface area contributed by atoms with E-state index in [1.54, 1.807) is 0 Å². The van der Waals surface area contributed by atoms with Gasteiger partial charge in [0, 0.05) is 39.8 Å². The van der Waals surface area contributed by atoms with Crippen molar-refractivity contribution in [2.45, 2.75) is 51.4 Å². The third-order valence-electron chi connectivity index (χ3n) is 13.7. The van der Waals surface area contributed by atoms with Gasteiger partial charge in [-0.3, -0.25) is 4.99 Å². The summed E-state index contributed by atoms with van der Waals surface area (Å²) in [5.41, 5.74) is 24.5. The van der Waals surface area contributed by atoms with Gasteiger partial charge in [-0.2, -0.15) is 0 Å². The van der Waals surface area contributed by atoms with E-state index in [4.69, 9.17) is 4.99 Å². The molecule has 0 fully saturated rings. The number of hydrogen-bond donors (Lipinski definition) is 0. The molecule has 0 spiro atoms. The van der Waals surface area contributed by atoms with E-state index in [-0.39, 0.29) is 10.8 Å². The zero-order chi connectivity index (χ0) is 38.2. The predicted molar refractivity (Wildman–Crippen MR) is 238 cm³/mol. The van der Waals surface area contributed by atoms with Crippen molar-refractivity contribution in [1.82, 2.24) is 0 Å². The van der Waals surface area contributed by atoms with Gasteiger partial charge in [-0.15, -0.1) is 0 Å². The van der Waals surface area contributed by atoms with Crippen LogP contribution in [0.25, 0.3) is 44.2 Å². The molecule has 12 rings (SSSR count). The Morgan fingerprint density at radius 3 is 1.95 bits per heavy atom. The second kappa shape index (κ2) is 11.5. The zero-order valence-corrected chi connectivity index (χ0v) is 32.8. The molecule has 1 heterocycles. The summed E-state index contributed by atoms with van der Waals surface area (Å²) in [6, 6.07) is 59.4. The van der Waals surface area contributed by atoms with Crippen LogP contribution in [0.1, 0.15) is 72.2 Å². The van der Waals surface area contributed by atoms with Gasteiger partial charge in [-0.1, -0.05) is 149 Å². The third kappa shape index (κ3) is 4.50. The summed E-state index contributed by atoms with van der Waals surface area (Å²) in [5, 5.41) is 2.62. The Hall–Kier alpha value is -6.51. The number of hydrogen-bond acceptors (Lipinski definition) is 2. The lowest BCUT2D eigenvalue weighted by Gasteiger charge is -2.30. The van der Waals surface area contributed by atoms with Crippen LogP contribution in [0.4, 0.5) is 22.7 Å². The molecule has 2 nitrogen and oxygen atoms in total. The normalized spacial score (nSPS) is 15.6. The molecule has 0 radical (unpaired) electrons. The quantitative estimate of drug-likeness (QED) is 0.176. The SMILES string of the molecule is CC1(C)c2ccccc2-c2ccc(N(c3ccc4c(c3)-c3ccc5c(C6=Nc7ccccc7C6)cccc5c3C4)c3cccc4c3-c3ccccc3C4(C)C)cc21. The third-order valence-corrected chi connectivity index (χ3v) is 13.7. The summed E-state index contributed by atoms with van der Waals surface area (Å²) in [7, 11) is 0. The van der Waals surface area contributed by atoms with E-state index in [9.17, 15) is 0 Å². The van der Waals surface area contributed by atoms with Crippen LogP contribution in [0, 0.1) is 0 Å². The summed E-state index contributed by atoms with van der Waals surface area (Å²) in [6.45, 7) is 9.51. The van der Waals surface area contributed by atoms with Gasteiger partial charge < -0.3 is 4.90 Å².